The van der Waals surface area contributed by atoms with Crippen LogP contribution in [0.4, 0.5) is 23.0 Å². The first-order valence-electron chi connectivity index (χ1n) is 9.53. The van der Waals surface area contributed by atoms with E-state index in [0.717, 1.165) is 19.4 Å². The second-order valence-corrected chi connectivity index (χ2v) is 8.41. The average Bonchev–Trinajstić information content (AvgIpc) is 2.69. The van der Waals surface area contributed by atoms with Crippen molar-refractivity contribution in [3.05, 3.63) is 30.6 Å². The molecule has 1 heterocycles. The molecule has 0 aliphatic heterocycles. The Hall–Kier alpha value is -2.39. The molecule has 0 unspecified atom stereocenters. The number of aromatic nitrogens is 2. The van der Waals surface area contributed by atoms with Gasteiger partial charge in [-0.1, -0.05) is 27.2 Å². The Balaban J connectivity index is 2.21. The van der Waals surface area contributed by atoms with Crippen LogP contribution in [0.1, 0.15) is 33.6 Å². The van der Waals surface area contributed by atoms with Gasteiger partial charge in [0.1, 0.15) is 12.0 Å². The lowest BCUT2D eigenvalue weighted by atomic mass is 10.3. The Morgan fingerprint density at radius 1 is 1.07 bits per heavy atom. The van der Waals surface area contributed by atoms with Gasteiger partial charge in [-0.2, -0.15) is 4.31 Å². The van der Waals surface area contributed by atoms with Gasteiger partial charge in [-0.3, -0.25) is 0 Å². The number of sulfonamides is 1. The van der Waals surface area contributed by atoms with Gasteiger partial charge in [-0.25, -0.2) is 18.4 Å². The molecule has 0 amide bonds. The molecule has 8 nitrogen and oxygen atoms in total. The number of hydrogen-bond donors (Lipinski definition) is 2. The summed E-state index contributed by atoms with van der Waals surface area (Å²) in [4.78, 5) is 10.8. The van der Waals surface area contributed by atoms with Gasteiger partial charge in [0.15, 0.2) is 11.6 Å². The summed E-state index contributed by atoms with van der Waals surface area (Å²) in [6.45, 7) is 7.51. The maximum Gasteiger partial charge on any atom is 0.243 e. The lowest BCUT2D eigenvalue weighted by Crippen LogP contribution is -2.30. The molecule has 0 aliphatic carbocycles. The number of nitrogen functional groups attached to an aromatic ring is 1. The minimum atomic E-state index is -3.48. The standard InChI is InChI=1S/C19H30N6O2S/c1-5-8-13-24(4)19-17(20)18(21-14-22-19)23-15-9-11-16(12-10-15)28(26,27)25(6-2)7-3/h9-12,14H,5-8,13,20H2,1-4H3,(H,21,22,23). The van der Waals surface area contributed by atoms with E-state index < -0.39 is 10.0 Å². The van der Waals surface area contributed by atoms with Crippen LogP contribution in [0.3, 0.4) is 0 Å². The minimum Gasteiger partial charge on any atom is -0.393 e. The van der Waals surface area contributed by atoms with Crippen LogP contribution >= 0.6 is 0 Å². The lowest BCUT2D eigenvalue weighted by molar-refractivity contribution is 0.445. The molecule has 2 rings (SSSR count). The minimum absolute atomic E-state index is 0.261. The van der Waals surface area contributed by atoms with E-state index in [-0.39, 0.29) is 4.90 Å². The molecule has 0 atom stereocenters. The smallest absolute Gasteiger partial charge is 0.243 e. The van der Waals surface area contributed by atoms with Gasteiger partial charge >= 0.3 is 0 Å². The monoisotopic (exact) mass is 406 g/mol. The summed E-state index contributed by atoms with van der Waals surface area (Å²) in [6, 6.07) is 6.58. The molecule has 0 spiro atoms. The largest absolute Gasteiger partial charge is 0.393 e. The van der Waals surface area contributed by atoms with E-state index >= 15 is 0 Å². The zero-order valence-corrected chi connectivity index (χ0v) is 17.8. The first-order valence-corrected chi connectivity index (χ1v) is 11.0. The van der Waals surface area contributed by atoms with Crippen LogP contribution in [-0.2, 0) is 10.0 Å². The molecule has 0 saturated carbocycles. The van der Waals surface area contributed by atoms with Crippen molar-refractivity contribution in [3.8, 4) is 0 Å². The Labute approximate surface area is 167 Å². The van der Waals surface area contributed by atoms with Gasteiger partial charge in [0.25, 0.3) is 0 Å². The normalized spacial score (nSPS) is 11.6. The highest BCUT2D eigenvalue weighted by Gasteiger charge is 2.21. The number of hydrogen-bond acceptors (Lipinski definition) is 7. The zero-order valence-electron chi connectivity index (χ0n) is 17.0. The number of benzene rings is 1. The van der Waals surface area contributed by atoms with Crippen molar-refractivity contribution in [2.45, 2.75) is 38.5 Å². The molecule has 28 heavy (non-hydrogen) atoms. The van der Waals surface area contributed by atoms with E-state index in [1.807, 2.05) is 25.8 Å². The lowest BCUT2D eigenvalue weighted by Gasteiger charge is -2.21. The number of anilines is 4. The number of unbranched alkanes of at least 4 members (excludes halogenated alkanes) is 1. The molecule has 0 radical (unpaired) electrons. The predicted molar refractivity (Wildman–Crippen MR) is 114 cm³/mol. The maximum atomic E-state index is 12.6. The fourth-order valence-corrected chi connectivity index (χ4v) is 4.31. The van der Waals surface area contributed by atoms with Gasteiger partial charge in [-0.05, 0) is 30.7 Å². The third-order valence-electron chi connectivity index (χ3n) is 4.53. The zero-order chi connectivity index (χ0) is 20.7. The van der Waals surface area contributed by atoms with Crippen LogP contribution in [0.2, 0.25) is 0 Å². The van der Waals surface area contributed by atoms with Crippen LogP contribution < -0.4 is 16.0 Å². The van der Waals surface area contributed by atoms with Crippen LogP contribution in [-0.4, -0.2) is 49.4 Å². The van der Waals surface area contributed by atoms with E-state index in [1.54, 1.807) is 24.3 Å². The molecular formula is C19H30N6O2S. The van der Waals surface area contributed by atoms with Crippen molar-refractivity contribution in [2.75, 3.05) is 42.6 Å². The second kappa shape index (κ2) is 9.70. The Morgan fingerprint density at radius 2 is 1.71 bits per heavy atom. The van der Waals surface area contributed by atoms with Crippen molar-refractivity contribution in [2.24, 2.45) is 0 Å². The van der Waals surface area contributed by atoms with E-state index in [2.05, 4.69) is 22.2 Å². The van der Waals surface area contributed by atoms with E-state index in [4.69, 9.17) is 5.73 Å². The molecule has 3 N–H and O–H groups in total. The SMILES string of the molecule is CCCCN(C)c1ncnc(Nc2ccc(S(=O)(=O)N(CC)CC)cc2)c1N. The first kappa shape index (κ1) is 21.9. The van der Waals surface area contributed by atoms with Gasteiger partial charge < -0.3 is 16.0 Å². The average molecular weight is 407 g/mol. The number of nitrogens with two attached hydrogens (primary N) is 1. The highest BCUT2D eigenvalue weighted by molar-refractivity contribution is 7.89. The van der Waals surface area contributed by atoms with Gasteiger partial charge in [0.05, 0.1) is 4.90 Å². The molecule has 0 aliphatic rings. The topological polar surface area (TPSA) is 104 Å². The molecule has 2 aromatic rings. The van der Waals surface area contributed by atoms with Crippen molar-refractivity contribution in [1.82, 2.24) is 14.3 Å². The quantitative estimate of drug-likeness (QED) is 0.625. The van der Waals surface area contributed by atoms with Crippen LogP contribution in [0.5, 0.6) is 0 Å². The summed E-state index contributed by atoms with van der Waals surface area (Å²) in [6.07, 6.45) is 3.60. The summed E-state index contributed by atoms with van der Waals surface area (Å²) < 4.78 is 26.6. The third-order valence-corrected chi connectivity index (χ3v) is 6.60. The van der Waals surface area contributed by atoms with Crippen molar-refractivity contribution in [1.29, 1.82) is 0 Å². The highest BCUT2D eigenvalue weighted by atomic mass is 32.2. The van der Waals surface area contributed by atoms with Gasteiger partial charge in [-0.15, -0.1) is 0 Å². The maximum absolute atomic E-state index is 12.6. The van der Waals surface area contributed by atoms with Crippen molar-refractivity contribution >= 4 is 33.0 Å². The van der Waals surface area contributed by atoms with Crippen LogP contribution in [0, 0.1) is 0 Å². The predicted octanol–water partition coefficient (Wildman–Crippen LogP) is 3.07. The van der Waals surface area contributed by atoms with E-state index in [1.165, 1.54) is 10.6 Å². The fourth-order valence-electron chi connectivity index (χ4n) is 2.85. The molecule has 1 aromatic carbocycles. The van der Waals surface area contributed by atoms with Crippen LogP contribution in [0.25, 0.3) is 0 Å². The third kappa shape index (κ3) is 4.90. The molecule has 154 valence electrons. The van der Waals surface area contributed by atoms with Crippen LogP contribution in [0.15, 0.2) is 35.5 Å². The van der Waals surface area contributed by atoms with Gasteiger partial charge in [0.2, 0.25) is 10.0 Å². The van der Waals surface area contributed by atoms with Gasteiger partial charge in [0, 0.05) is 32.4 Å². The Kier molecular flexibility index (Phi) is 7.59. The highest BCUT2D eigenvalue weighted by Crippen LogP contribution is 2.28. The number of nitrogens with zero attached hydrogens (tertiary/aromatic N) is 4. The fraction of sp³-hybridized carbons (Fsp3) is 0.474. The summed E-state index contributed by atoms with van der Waals surface area (Å²) in [5.41, 5.74) is 7.41. The first-order chi connectivity index (χ1) is 13.3. The summed E-state index contributed by atoms with van der Waals surface area (Å²) in [5, 5.41) is 3.15. The molecule has 1 aromatic heterocycles. The van der Waals surface area contributed by atoms with E-state index in [9.17, 15) is 8.42 Å². The Morgan fingerprint density at radius 3 is 2.29 bits per heavy atom. The number of nitrogens with one attached hydrogen (secondary N) is 1. The molecule has 9 heteroatoms. The number of rotatable bonds is 10. The molecular weight excluding hydrogens is 376 g/mol. The molecule has 0 fully saturated rings. The summed E-state index contributed by atoms with van der Waals surface area (Å²) in [5.74, 6) is 1.17. The van der Waals surface area contributed by atoms with Crippen molar-refractivity contribution < 1.29 is 8.42 Å². The molecule has 0 bridgehead atoms. The molecule has 0 saturated heterocycles. The second-order valence-electron chi connectivity index (χ2n) is 6.47. The summed E-state index contributed by atoms with van der Waals surface area (Å²) in [7, 11) is -1.53. The summed E-state index contributed by atoms with van der Waals surface area (Å²) >= 11 is 0. The van der Waals surface area contributed by atoms with Crippen molar-refractivity contribution in [3.63, 3.8) is 0 Å². The van der Waals surface area contributed by atoms with E-state index in [0.29, 0.717) is 36.1 Å². The Bertz CT molecular complexity index is 866.